The molecule has 2 N–H and O–H groups in total. The van der Waals surface area contributed by atoms with Gasteiger partial charge in [0.2, 0.25) is 0 Å². The summed E-state index contributed by atoms with van der Waals surface area (Å²) in [6.07, 6.45) is 3.97. The van der Waals surface area contributed by atoms with E-state index in [2.05, 4.69) is 14.9 Å². The average Bonchev–Trinajstić information content (AvgIpc) is 2.71. The van der Waals surface area contributed by atoms with Crippen LogP contribution in [0.1, 0.15) is 18.5 Å². The van der Waals surface area contributed by atoms with Crippen LogP contribution in [0.3, 0.4) is 0 Å². The van der Waals surface area contributed by atoms with E-state index >= 15 is 0 Å². The molecule has 0 aliphatic carbocycles. The van der Waals surface area contributed by atoms with Gasteiger partial charge < -0.3 is 10.6 Å². The third kappa shape index (κ3) is 1.82. The molecular weight excluding hydrogens is 196 g/mol. The number of hydrogen-bond donors (Lipinski definition) is 1. The molecule has 0 spiro atoms. The van der Waals surface area contributed by atoms with E-state index < -0.39 is 0 Å². The molecule has 1 fully saturated rings. The van der Waals surface area contributed by atoms with Gasteiger partial charge in [0.1, 0.15) is 22.8 Å². The molecule has 74 valence electrons. The molecule has 0 amide bonds. The van der Waals surface area contributed by atoms with Gasteiger partial charge in [0.15, 0.2) is 0 Å². The second-order valence-electron chi connectivity index (χ2n) is 3.32. The first kappa shape index (κ1) is 9.33. The van der Waals surface area contributed by atoms with Crippen LogP contribution in [-0.2, 0) is 0 Å². The van der Waals surface area contributed by atoms with Crippen molar-refractivity contribution in [3.8, 4) is 0 Å². The lowest BCUT2D eigenvalue weighted by Crippen LogP contribution is -2.20. The van der Waals surface area contributed by atoms with Crippen LogP contribution in [0.5, 0.6) is 0 Å². The van der Waals surface area contributed by atoms with Gasteiger partial charge in [-0.3, -0.25) is 0 Å². The van der Waals surface area contributed by atoms with E-state index in [1.54, 1.807) is 0 Å². The maximum absolute atomic E-state index is 5.50. The maximum Gasteiger partial charge on any atom is 0.132 e. The molecule has 2 heterocycles. The van der Waals surface area contributed by atoms with E-state index in [-0.39, 0.29) is 0 Å². The van der Waals surface area contributed by atoms with E-state index in [1.165, 1.54) is 19.2 Å². The molecule has 1 aromatic rings. The number of nitrogens with two attached hydrogens (primary N) is 1. The van der Waals surface area contributed by atoms with Gasteiger partial charge in [-0.25, -0.2) is 9.97 Å². The Kier molecular flexibility index (Phi) is 2.58. The summed E-state index contributed by atoms with van der Waals surface area (Å²) in [7, 11) is 0. The molecule has 0 aromatic carbocycles. The highest BCUT2D eigenvalue weighted by Crippen LogP contribution is 2.17. The Morgan fingerprint density at radius 3 is 2.71 bits per heavy atom. The van der Waals surface area contributed by atoms with E-state index in [1.807, 2.05) is 6.07 Å². The van der Waals surface area contributed by atoms with E-state index in [0.717, 1.165) is 18.9 Å². The largest absolute Gasteiger partial charge is 0.388 e. The van der Waals surface area contributed by atoms with Crippen LogP contribution in [0.4, 0.5) is 5.82 Å². The Morgan fingerprint density at radius 2 is 2.07 bits per heavy atom. The molecule has 0 atom stereocenters. The average molecular weight is 208 g/mol. The predicted octanol–water partition coefficient (Wildman–Crippen LogP) is 0.711. The highest BCUT2D eigenvalue weighted by Gasteiger charge is 2.14. The van der Waals surface area contributed by atoms with Crippen molar-refractivity contribution in [2.75, 3.05) is 18.0 Å². The summed E-state index contributed by atoms with van der Waals surface area (Å²) in [5.41, 5.74) is 6.15. The van der Waals surface area contributed by atoms with Crippen LogP contribution >= 0.6 is 12.2 Å². The lowest BCUT2D eigenvalue weighted by Gasteiger charge is -2.15. The molecule has 2 rings (SSSR count). The highest BCUT2D eigenvalue weighted by atomic mass is 32.1. The van der Waals surface area contributed by atoms with Gasteiger partial charge in [-0.05, 0) is 12.8 Å². The van der Waals surface area contributed by atoms with E-state index in [4.69, 9.17) is 18.0 Å². The van der Waals surface area contributed by atoms with Crippen LogP contribution in [0.25, 0.3) is 0 Å². The van der Waals surface area contributed by atoms with Gasteiger partial charge in [-0.1, -0.05) is 12.2 Å². The second-order valence-corrected chi connectivity index (χ2v) is 3.76. The van der Waals surface area contributed by atoms with Crippen LogP contribution in [0.2, 0.25) is 0 Å². The second kappa shape index (κ2) is 3.88. The molecule has 5 heteroatoms. The Labute approximate surface area is 88.1 Å². The fourth-order valence-electron chi connectivity index (χ4n) is 1.60. The van der Waals surface area contributed by atoms with Crippen molar-refractivity contribution in [3.63, 3.8) is 0 Å². The Balaban J connectivity index is 2.25. The lowest BCUT2D eigenvalue weighted by molar-refractivity contribution is 0.926. The van der Waals surface area contributed by atoms with Crippen LogP contribution < -0.4 is 10.6 Å². The molecule has 14 heavy (non-hydrogen) atoms. The minimum Gasteiger partial charge on any atom is -0.388 e. The first-order valence-corrected chi connectivity index (χ1v) is 5.05. The smallest absolute Gasteiger partial charge is 0.132 e. The van der Waals surface area contributed by atoms with Gasteiger partial charge in [0, 0.05) is 19.2 Å². The summed E-state index contributed by atoms with van der Waals surface area (Å²) in [4.78, 5) is 10.8. The predicted molar refractivity (Wildman–Crippen MR) is 59.4 cm³/mol. The molecule has 0 unspecified atom stereocenters. The number of rotatable bonds is 2. The summed E-state index contributed by atoms with van der Waals surface area (Å²) in [5, 5.41) is 0. The molecule has 1 aromatic heterocycles. The van der Waals surface area contributed by atoms with E-state index in [9.17, 15) is 0 Å². The van der Waals surface area contributed by atoms with Gasteiger partial charge in [-0.2, -0.15) is 0 Å². The minimum absolute atomic E-state index is 0.327. The Bertz CT molecular complexity index is 346. The van der Waals surface area contributed by atoms with Crippen molar-refractivity contribution in [2.24, 2.45) is 5.73 Å². The fourth-order valence-corrected chi connectivity index (χ4v) is 1.71. The quantitative estimate of drug-likeness (QED) is 0.725. The number of anilines is 1. The zero-order valence-electron chi connectivity index (χ0n) is 7.81. The topological polar surface area (TPSA) is 55.0 Å². The molecule has 1 aliphatic rings. The van der Waals surface area contributed by atoms with Crippen molar-refractivity contribution < 1.29 is 0 Å². The van der Waals surface area contributed by atoms with Crippen molar-refractivity contribution in [2.45, 2.75) is 12.8 Å². The molecule has 0 radical (unpaired) electrons. The zero-order chi connectivity index (χ0) is 9.97. The highest BCUT2D eigenvalue weighted by molar-refractivity contribution is 7.80. The Morgan fingerprint density at radius 1 is 1.36 bits per heavy atom. The summed E-state index contributed by atoms with van der Waals surface area (Å²) in [6, 6.07) is 1.85. The summed E-state index contributed by atoms with van der Waals surface area (Å²) in [6.45, 7) is 2.13. The minimum atomic E-state index is 0.327. The first-order chi connectivity index (χ1) is 6.77. The molecule has 4 nitrogen and oxygen atoms in total. The SMILES string of the molecule is NC(=S)c1cc(N2CCCC2)ncn1. The molecule has 0 bridgehead atoms. The van der Waals surface area contributed by atoms with Crippen molar-refractivity contribution in [3.05, 3.63) is 18.1 Å². The normalized spacial score (nSPS) is 15.9. The number of nitrogens with zero attached hydrogens (tertiary/aromatic N) is 3. The fraction of sp³-hybridized carbons (Fsp3) is 0.444. The summed E-state index contributed by atoms with van der Waals surface area (Å²) < 4.78 is 0. The molecule has 0 saturated carbocycles. The molecule has 1 aliphatic heterocycles. The first-order valence-electron chi connectivity index (χ1n) is 4.64. The Hall–Kier alpha value is -1.23. The zero-order valence-corrected chi connectivity index (χ0v) is 8.63. The summed E-state index contributed by atoms with van der Waals surface area (Å²) >= 11 is 4.87. The van der Waals surface area contributed by atoms with Crippen molar-refractivity contribution >= 4 is 23.0 Å². The maximum atomic E-state index is 5.50. The van der Waals surface area contributed by atoms with Crippen LogP contribution in [0, 0.1) is 0 Å². The number of aromatic nitrogens is 2. The standard InChI is InChI=1S/C9H12N4S/c10-9(14)7-5-8(12-6-11-7)13-3-1-2-4-13/h5-6H,1-4H2,(H2,10,14). The van der Waals surface area contributed by atoms with Gasteiger partial charge in [-0.15, -0.1) is 0 Å². The lowest BCUT2D eigenvalue weighted by atomic mass is 10.4. The van der Waals surface area contributed by atoms with E-state index in [0.29, 0.717) is 10.7 Å². The van der Waals surface area contributed by atoms with Gasteiger partial charge in [0.05, 0.1) is 0 Å². The third-order valence-corrected chi connectivity index (χ3v) is 2.54. The van der Waals surface area contributed by atoms with Crippen LogP contribution in [-0.4, -0.2) is 28.0 Å². The number of hydrogen-bond acceptors (Lipinski definition) is 4. The van der Waals surface area contributed by atoms with Crippen LogP contribution in [0.15, 0.2) is 12.4 Å². The molecule has 1 saturated heterocycles. The summed E-state index contributed by atoms with van der Waals surface area (Å²) in [5.74, 6) is 0.931. The van der Waals surface area contributed by atoms with Gasteiger partial charge >= 0.3 is 0 Å². The third-order valence-electron chi connectivity index (χ3n) is 2.34. The molecular formula is C9H12N4S. The van der Waals surface area contributed by atoms with Crippen molar-refractivity contribution in [1.82, 2.24) is 9.97 Å². The number of thiocarbonyl (C=S) groups is 1. The van der Waals surface area contributed by atoms with Crippen molar-refractivity contribution in [1.29, 1.82) is 0 Å². The monoisotopic (exact) mass is 208 g/mol. The van der Waals surface area contributed by atoms with Gasteiger partial charge in [0.25, 0.3) is 0 Å².